The second-order valence-electron chi connectivity index (χ2n) is 6.43. The molecular weight excluding hydrogens is 399 g/mol. The third-order valence-electron chi connectivity index (χ3n) is 4.12. The van der Waals surface area contributed by atoms with Crippen LogP contribution in [0.4, 0.5) is 0 Å². The summed E-state index contributed by atoms with van der Waals surface area (Å²) in [5.41, 5.74) is 3.53. The molecule has 7 heteroatoms. The highest BCUT2D eigenvalue weighted by atomic mass is 35.5. The number of halogens is 2. The Balaban J connectivity index is 0.00000364. The maximum absolute atomic E-state index is 9.19. The van der Waals surface area contributed by atoms with E-state index in [0.29, 0.717) is 13.2 Å². The minimum Gasteiger partial charge on any atom is -0.493 e. The molecule has 0 saturated heterocycles. The fourth-order valence-corrected chi connectivity index (χ4v) is 2.59. The molecule has 3 N–H and O–H groups in total. The second-order valence-corrected chi connectivity index (χ2v) is 6.43. The van der Waals surface area contributed by atoms with Crippen LogP contribution in [0.25, 0.3) is 0 Å². The van der Waals surface area contributed by atoms with Gasteiger partial charge in [0.05, 0.1) is 13.2 Å². The van der Waals surface area contributed by atoms with Crippen molar-refractivity contribution in [1.82, 2.24) is 10.6 Å². The molecule has 0 amide bonds. The summed E-state index contributed by atoms with van der Waals surface area (Å²) < 4.78 is 11.4. The van der Waals surface area contributed by atoms with Gasteiger partial charge < -0.3 is 25.2 Å². The van der Waals surface area contributed by atoms with E-state index in [2.05, 4.69) is 29.7 Å². The lowest BCUT2D eigenvalue weighted by Gasteiger charge is -2.14. The number of nitrogens with one attached hydrogen (secondary N) is 2. The van der Waals surface area contributed by atoms with Gasteiger partial charge in [-0.05, 0) is 42.7 Å². The molecule has 0 aromatic heterocycles. The zero-order valence-corrected chi connectivity index (χ0v) is 18.4. The van der Waals surface area contributed by atoms with Crippen molar-refractivity contribution in [1.29, 1.82) is 0 Å². The molecule has 0 aliphatic rings. The Kier molecular flexibility index (Phi) is 13.7. The number of hydrogen-bond donors (Lipinski definition) is 3. The Morgan fingerprint density at radius 2 is 1.71 bits per heavy atom. The molecule has 2 aromatic carbocycles. The van der Waals surface area contributed by atoms with Crippen LogP contribution in [-0.4, -0.2) is 38.0 Å². The van der Waals surface area contributed by atoms with E-state index < -0.39 is 0 Å². The first kappa shape index (κ1) is 26.5. The second kappa shape index (κ2) is 14.5. The number of methoxy groups -OCH3 is 1. The standard InChI is InChI=1S/C21H30N2O3.2ClH/c1-16-6-4-5-7-19(16)15-26-20-9-8-18(12-21(20)25-3)14-23-11-10-22-13-17(2)24;;/h4-9,12,17,22-24H,10-11,13-15H2,1-3H3;2*1H. The van der Waals surface area contributed by atoms with E-state index in [4.69, 9.17) is 9.47 Å². The topological polar surface area (TPSA) is 62.8 Å². The molecule has 0 aliphatic heterocycles. The van der Waals surface area contributed by atoms with Gasteiger partial charge in [0, 0.05) is 26.2 Å². The quantitative estimate of drug-likeness (QED) is 0.476. The summed E-state index contributed by atoms with van der Waals surface area (Å²) in [6.45, 7) is 7.40. The van der Waals surface area contributed by atoms with Crippen molar-refractivity contribution < 1.29 is 14.6 Å². The average molecular weight is 431 g/mol. The van der Waals surface area contributed by atoms with E-state index >= 15 is 0 Å². The summed E-state index contributed by atoms with van der Waals surface area (Å²) in [6.07, 6.45) is -0.313. The van der Waals surface area contributed by atoms with Crippen LogP contribution in [0.5, 0.6) is 11.5 Å². The summed E-state index contributed by atoms with van der Waals surface area (Å²) in [4.78, 5) is 0. The fraction of sp³-hybridized carbons (Fsp3) is 0.429. The van der Waals surface area contributed by atoms with Gasteiger partial charge >= 0.3 is 0 Å². The fourth-order valence-electron chi connectivity index (χ4n) is 2.59. The summed E-state index contributed by atoms with van der Waals surface area (Å²) in [7, 11) is 1.66. The summed E-state index contributed by atoms with van der Waals surface area (Å²) in [5.74, 6) is 1.49. The monoisotopic (exact) mass is 430 g/mol. The molecule has 28 heavy (non-hydrogen) atoms. The molecule has 1 unspecified atom stereocenters. The predicted octanol–water partition coefficient (Wildman–Crippen LogP) is 3.49. The van der Waals surface area contributed by atoms with Crippen molar-refractivity contribution in [2.45, 2.75) is 33.1 Å². The number of rotatable bonds is 11. The highest BCUT2D eigenvalue weighted by molar-refractivity contribution is 5.85. The third-order valence-corrected chi connectivity index (χ3v) is 4.12. The Bertz CT molecular complexity index is 684. The van der Waals surface area contributed by atoms with Crippen molar-refractivity contribution >= 4 is 24.8 Å². The van der Waals surface area contributed by atoms with Crippen LogP contribution >= 0.6 is 24.8 Å². The first-order valence-corrected chi connectivity index (χ1v) is 9.04. The summed E-state index contributed by atoms with van der Waals surface area (Å²) in [6, 6.07) is 14.2. The van der Waals surface area contributed by atoms with E-state index in [9.17, 15) is 5.11 Å². The molecule has 0 aliphatic carbocycles. The zero-order chi connectivity index (χ0) is 18.8. The summed E-state index contributed by atoms with van der Waals surface area (Å²) >= 11 is 0. The molecule has 0 radical (unpaired) electrons. The van der Waals surface area contributed by atoms with Gasteiger partial charge in [-0.2, -0.15) is 0 Å². The predicted molar refractivity (Wildman–Crippen MR) is 119 cm³/mol. The van der Waals surface area contributed by atoms with Gasteiger partial charge in [0.15, 0.2) is 11.5 Å². The highest BCUT2D eigenvalue weighted by Gasteiger charge is 2.07. The maximum atomic E-state index is 9.19. The van der Waals surface area contributed by atoms with Crippen molar-refractivity contribution in [2.24, 2.45) is 0 Å². The first-order chi connectivity index (χ1) is 12.6. The zero-order valence-electron chi connectivity index (χ0n) is 16.7. The van der Waals surface area contributed by atoms with E-state index in [0.717, 1.165) is 36.7 Å². The lowest BCUT2D eigenvalue weighted by Crippen LogP contribution is -2.31. The number of aryl methyl sites for hydroxylation is 1. The Morgan fingerprint density at radius 3 is 2.39 bits per heavy atom. The van der Waals surface area contributed by atoms with E-state index in [1.165, 1.54) is 11.1 Å². The van der Waals surface area contributed by atoms with Gasteiger partial charge in [-0.1, -0.05) is 30.3 Å². The highest BCUT2D eigenvalue weighted by Crippen LogP contribution is 2.29. The smallest absolute Gasteiger partial charge is 0.161 e. The molecule has 2 rings (SSSR count). The average Bonchev–Trinajstić information content (AvgIpc) is 2.64. The molecule has 0 fully saturated rings. The molecule has 0 heterocycles. The number of ether oxygens (including phenoxy) is 2. The summed E-state index contributed by atoms with van der Waals surface area (Å²) in [5, 5.41) is 15.7. The van der Waals surface area contributed by atoms with Crippen LogP contribution in [0.2, 0.25) is 0 Å². The maximum Gasteiger partial charge on any atom is 0.161 e. The van der Waals surface area contributed by atoms with E-state index in [-0.39, 0.29) is 30.9 Å². The number of aliphatic hydroxyl groups is 1. The van der Waals surface area contributed by atoms with Crippen molar-refractivity contribution in [3.05, 3.63) is 59.2 Å². The van der Waals surface area contributed by atoms with Crippen LogP contribution in [0.3, 0.4) is 0 Å². The van der Waals surface area contributed by atoms with E-state index in [1.807, 2.05) is 30.3 Å². The molecule has 5 nitrogen and oxygen atoms in total. The third kappa shape index (κ3) is 9.13. The van der Waals surface area contributed by atoms with E-state index in [1.54, 1.807) is 14.0 Å². The van der Waals surface area contributed by atoms with Crippen LogP contribution < -0.4 is 20.1 Å². The van der Waals surface area contributed by atoms with Crippen molar-refractivity contribution in [3.8, 4) is 11.5 Å². The largest absolute Gasteiger partial charge is 0.493 e. The van der Waals surface area contributed by atoms with Gasteiger partial charge in [-0.3, -0.25) is 0 Å². The molecule has 0 spiro atoms. The van der Waals surface area contributed by atoms with Crippen LogP contribution in [0, 0.1) is 6.92 Å². The van der Waals surface area contributed by atoms with Crippen molar-refractivity contribution in [3.63, 3.8) is 0 Å². The number of aliphatic hydroxyl groups excluding tert-OH is 1. The normalized spacial score (nSPS) is 11.1. The Morgan fingerprint density at radius 1 is 1.00 bits per heavy atom. The van der Waals surface area contributed by atoms with Crippen LogP contribution in [-0.2, 0) is 13.2 Å². The number of hydrogen-bond acceptors (Lipinski definition) is 5. The molecule has 0 saturated carbocycles. The minimum atomic E-state index is -0.313. The van der Waals surface area contributed by atoms with Crippen LogP contribution in [0.1, 0.15) is 23.6 Å². The van der Waals surface area contributed by atoms with Gasteiger partial charge in [0.25, 0.3) is 0 Å². The first-order valence-electron chi connectivity index (χ1n) is 9.04. The molecule has 2 aromatic rings. The van der Waals surface area contributed by atoms with Gasteiger partial charge in [-0.15, -0.1) is 24.8 Å². The Labute approximate surface area is 180 Å². The molecule has 1 atom stereocenters. The van der Waals surface area contributed by atoms with Gasteiger partial charge in [0.1, 0.15) is 6.61 Å². The van der Waals surface area contributed by atoms with Gasteiger partial charge in [-0.25, -0.2) is 0 Å². The number of benzene rings is 2. The van der Waals surface area contributed by atoms with Crippen LogP contribution in [0.15, 0.2) is 42.5 Å². The Hall–Kier alpha value is -1.50. The molecule has 158 valence electrons. The molecule has 0 bridgehead atoms. The molecular formula is C21H32Cl2N2O3. The van der Waals surface area contributed by atoms with Crippen molar-refractivity contribution in [2.75, 3.05) is 26.7 Å². The SMILES string of the molecule is COc1cc(CNCCNCC(C)O)ccc1OCc1ccccc1C.Cl.Cl. The minimum absolute atomic E-state index is 0. The van der Waals surface area contributed by atoms with Gasteiger partial charge in [0.2, 0.25) is 0 Å². The lowest BCUT2D eigenvalue weighted by atomic mass is 10.1. The lowest BCUT2D eigenvalue weighted by molar-refractivity contribution is 0.191.